The first-order valence-electron chi connectivity index (χ1n) is 9.19. The molecule has 0 aliphatic rings. The lowest BCUT2D eigenvalue weighted by Crippen LogP contribution is -2.24. The van der Waals surface area contributed by atoms with Gasteiger partial charge in [-0.05, 0) is 37.5 Å². The molecule has 0 fully saturated rings. The molecule has 0 aliphatic carbocycles. The van der Waals surface area contributed by atoms with Gasteiger partial charge in [-0.2, -0.15) is 4.98 Å². The highest BCUT2D eigenvalue weighted by Crippen LogP contribution is 2.22. The zero-order chi connectivity index (χ0) is 18.4. The lowest BCUT2D eigenvalue weighted by atomic mass is 10.1. The zero-order valence-electron chi connectivity index (χ0n) is 15.7. The van der Waals surface area contributed by atoms with Crippen LogP contribution >= 0.6 is 0 Å². The Morgan fingerprint density at radius 3 is 2.38 bits per heavy atom. The van der Waals surface area contributed by atoms with Crippen LogP contribution in [0.5, 0.6) is 0 Å². The molecule has 0 unspecified atom stereocenters. The van der Waals surface area contributed by atoms with Gasteiger partial charge in [0.05, 0.1) is 0 Å². The Labute approximate surface area is 155 Å². The van der Waals surface area contributed by atoms with Crippen LogP contribution in [0.4, 0.5) is 17.5 Å². The Balaban J connectivity index is 1.86. The monoisotopic (exact) mass is 346 g/mol. The van der Waals surface area contributed by atoms with E-state index in [2.05, 4.69) is 71.5 Å². The second-order valence-corrected chi connectivity index (χ2v) is 6.33. The largest absolute Gasteiger partial charge is 0.340 e. The van der Waals surface area contributed by atoms with E-state index >= 15 is 0 Å². The fraction of sp³-hybridized carbons (Fsp3) is 0.273. The van der Waals surface area contributed by atoms with E-state index in [0.717, 1.165) is 42.7 Å². The van der Waals surface area contributed by atoms with Gasteiger partial charge in [-0.3, -0.25) is 0 Å². The van der Waals surface area contributed by atoms with Crippen LogP contribution in [0, 0.1) is 6.92 Å². The molecule has 0 bridgehead atoms. The number of hydrogen-bond donors (Lipinski definition) is 1. The van der Waals surface area contributed by atoms with Gasteiger partial charge in [0.15, 0.2) is 0 Å². The molecule has 0 atom stereocenters. The van der Waals surface area contributed by atoms with Gasteiger partial charge in [-0.15, -0.1) is 0 Å². The molecular weight excluding hydrogens is 320 g/mol. The molecule has 2 aromatic carbocycles. The maximum absolute atomic E-state index is 4.78. The van der Waals surface area contributed by atoms with Crippen molar-refractivity contribution in [2.45, 2.75) is 33.7 Å². The van der Waals surface area contributed by atoms with Crippen molar-refractivity contribution in [3.63, 3.8) is 0 Å². The van der Waals surface area contributed by atoms with E-state index in [1.165, 1.54) is 11.1 Å². The molecule has 1 aromatic heterocycles. The highest BCUT2D eigenvalue weighted by Gasteiger charge is 2.11. The van der Waals surface area contributed by atoms with E-state index < -0.39 is 0 Å². The number of hydrogen-bond acceptors (Lipinski definition) is 4. The molecule has 1 N–H and O–H groups in total. The highest BCUT2D eigenvalue weighted by atomic mass is 15.3. The number of benzene rings is 2. The SMILES string of the molecule is CCc1ccccc1Nc1cc(C)nc(N(CC)Cc2ccccc2)n1. The minimum atomic E-state index is 0.757. The molecule has 0 saturated heterocycles. The maximum atomic E-state index is 4.78. The molecule has 0 saturated carbocycles. The fourth-order valence-electron chi connectivity index (χ4n) is 2.97. The van der Waals surface area contributed by atoms with Crippen molar-refractivity contribution in [2.24, 2.45) is 0 Å². The average Bonchev–Trinajstić information content (AvgIpc) is 2.67. The number of aryl methyl sites for hydroxylation is 2. The van der Waals surface area contributed by atoms with Gasteiger partial charge in [-0.25, -0.2) is 4.98 Å². The summed E-state index contributed by atoms with van der Waals surface area (Å²) < 4.78 is 0. The Morgan fingerprint density at radius 2 is 1.65 bits per heavy atom. The quantitative estimate of drug-likeness (QED) is 0.645. The third-order valence-corrected chi connectivity index (χ3v) is 4.38. The third-order valence-electron chi connectivity index (χ3n) is 4.38. The van der Waals surface area contributed by atoms with Gasteiger partial charge >= 0.3 is 0 Å². The second kappa shape index (κ2) is 8.48. The van der Waals surface area contributed by atoms with E-state index in [9.17, 15) is 0 Å². The molecule has 1 heterocycles. The van der Waals surface area contributed by atoms with Crippen LogP contribution in [0.1, 0.15) is 30.7 Å². The summed E-state index contributed by atoms with van der Waals surface area (Å²) in [6, 6.07) is 20.8. The Kier molecular flexibility index (Phi) is 5.84. The van der Waals surface area contributed by atoms with E-state index in [4.69, 9.17) is 4.98 Å². The molecule has 4 nitrogen and oxygen atoms in total. The van der Waals surface area contributed by atoms with Gasteiger partial charge in [0.1, 0.15) is 5.82 Å². The van der Waals surface area contributed by atoms with Crippen molar-refractivity contribution in [3.8, 4) is 0 Å². The van der Waals surface area contributed by atoms with Crippen LogP contribution < -0.4 is 10.2 Å². The van der Waals surface area contributed by atoms with E-state index in [1.54, 1.807) is 0 Å². The first-order chi connectivity index (χ1) is 12.7. The molecule has 4 heteroatoms. The van der Waals surface area contributed by atoms with E-state index in [-0.39, 0.29) is 0 Å². The molecule has 26 heavy (non-hydrogen) atoms. The lowest BCUT2D eigenvalue weighted by molar-refractivity contribution is 0.788. The summed E-state index contributed by atoms with van der Waals surface area (Å²) in [6.07, 6.45) is 0.981. The first kappa shape index (κ1) is 17.9. The number of anilines is 3. The normalized spacial score (nSPS) is 10.6. The summed E-state index contributed by atoms with van der Waals surface area (Å²) in [6.45, 7) is 7.96. The maximum Gasteiger partial charge on any atom is 0.227 e. The molecule has 0 aliphatic heterocycles. The summed E-state index contributed by atoms with van der Waals surface area (Å²) >= 11 is 0. The average molecular weight is 346 g/mol. The minimum absolute atomic E-state index is 0.757. The summed E-state index contributed by atoms with van der Waals surface area (Å²) in [7, 11) is 0. The predicted octanol–water partition coefficient (Wildman–Crippen LogP) is 5.12. The van der Waals surface area contributed by atoms with Crippen molar-refractivity contribution in [2.75, 3.05) is 16.8 Å². The minimum Gasteiger partial charge on any atom is -0.340 e. The smallest absolute Gasteiger partial charge is 0.227 e. The number of para-hydroxylation sites is 1. The Bertz CT molecular complexity index is 846. The van der Waals surface area contributed by atoms with Crippen LogP contribution in [-0.2, 0) is 13.0 Å². The van der Waals surface area contributed by atoms with Gasteiger partial charge in [-0.1, -0.05) is 55.5 Å². The molecule has 3 aromatic rings. The molecule has 0 amide bonds. The van der Waals surface area contributed by atoms with Gasteiger partial charge in [0, 0.05) is 30.5 Å². The third kappa shape index (κ3) is 4.39. The van der Waals surface area contributed by atoms with Gasteiger partial charge in [0.2, 0.25) is 5.95 Å². The van der Waals surface area contributed by atoms with Crippen molar-refractivity contribution in [3.05, 3.63) is 77.5 Å². The van der Waals surface area contributed by atoms with Crippen molar-refractivity contribution in [1.82, 2.24) is 9.97 Å². The number of aromatic nitrogens is 2. The fourth-order valence-corrected chi connectivity index (χ4v) is 2.97. The Hall–Kier alpha value is -2.88. The summed E-state index contributed by atoms with van der Waals surface area (Å²) in [5.41, 5.74) is 4.59. The standard InChI is InChI=1S/C22H26N4/c1-4-19-13-9-10-14-20(19)24-21-15-17(3)23-22(25-21)26(5-2)16-18-11-7-6-8-12-18/h6-15H,4-5,16H2,1-3H3,(H,23,24,25). The van der Waals surface area contributed by atoms with Gasteiger partial charge < -0.3 is 10.2 Å². The second-order valence-electron chi connectivity index (χ2n) is 6.33. The summed E-state index contributed by atoms with van der Waals surface area (Å²) in [5.74, 6) is 1.59. The molecule has 0 radical (unpaired) electrons. The Morgan fingerprint density at radius 1 is 0.923 bits per heavy atom. The van der Waals surface area contributed by atoms with Crippen LogP contribution in [0.25, 0.3) is 0 Å². The summed E-state index contributed by atoms with van der Waals surface area (Å²) in [4.78, 5) is 11.6. The van der Waals surface area contributed by atoms with Crippen LogP contribution in [0.3, 0.4) is 0 Å². The van der Waals surface area contributed by atoms with Crippen molar-refractivity contribution in [1.29, 1.82) is 0 Å². The summed E-state index contributed by atoms with van der Waals surface area (Å²) in [5, 5.41) is 3.47. The topological polar surface area (TPSA) is 41.1 Å². The van der Waals surface area contributed by atoms with Crippen LogP contribution in [-0.4, -0.2) is 16.5 Å². The lowest BCUT2D eigenvalue weighted by Gasteiger charge is -2.22. The van der Waals surface area contributed by atoms with Gasteiger partial charge in [0.25, 0.3) is 0 Å². The molecule has 0 spiro atoms. The molecule has 134 valence electrons. The predicted molar refractivity (Wildman–Crippen MR) is 109 cm³/mol. The van der Waals surface area contributed by atoms with Crippen LogP contribution in [0.15, 0.2) is 60.7 Å². The van der Waals surface area contributed by atoms with Crippen molar-refractivity contribution < 1.29 is 0 Å². The zero-order valence-corrected chi connectivity index (χ0v) is 15.7. The van der Waals surface area contributed by atoms with E-state index in [0.29, 0.717) is 0 Å². The number of nitrogens with zero attached hydrogens (tertiary/aromatic N) is 3. The molecular formula is C22H26N4. The van der Waals surface area contributed by atoms with E-state index in [1.807, 2.05) is 25.1 Å². The van der Waals surface area contributed by atoms with Crippen LogP contribution in [0.2, 0.25) is 0 Å². The number of rotatable bonds is 7. The number of nitrogens with one attached hydrogen (secondary N) is 1. The van der Waals surface area contributed by atoms with Crippen molar-refractivity contribution >= 4 is 17.5 Å². The highest BCUT2D eigenvalue weighted by molar-refractivity contribution is 5.61. The first-order valence-corrected chi connectivity index (χ1v) is 9.19. The molecule has 3 rings (SSSR count).